The van der Waals surface area contributed by atoms with Crippen molar-refractivity contribution in [1.82, 2.24) is 9.80 Å². The molecule has 3 rings (SSSR count). The predicted molar refractivity (Wildman–Crippen MR) is 117 cm³/mol. The summed E-state index contributed by atoms with van der Waals surface area (Å²) in [5.41, 5.74) is 2.54. The molecular weight excluding hydrogens is 386 g/mol. The van der Waals surface area contributed by atoms with Crippen LogP contribution in [0.15, 0.2) is 34.2 Å². The minimum atomic E-state index is -3.72. The van der Waals surface area contributed by atoms with Crippen LogP contribution in [-0.2, 0) is 21.2 Å². The van der Waals surface area contributed by atoms with Gasteiger partial charge < -0.3 is 9.80 Å². The monoisotopic (exact) mass is 417 g/mol. The van der Waals surface area contributed by atoms with E-state index in [1.807, 2.05) is 54.8 Å². The molecule has 1 fully saturated rings. The summed E-state index contributed by atoms with van der Waals surface area (Å²) in [7, 11) is -3.72. The molecule has 7 heteroatoms. The maximum atomic E-state index is 12.8. The van der Waals surface area contributed by atoms with Crippen LogP contribution < -0.4 is 0 Å². The van der Waals surface area contributed by atoms with Crippen LogP contribution in [0.5, 0.6) is 0 Å². The quantitative estimate of drug-likeness (QED) is 0.754. The third-order valence-electron chi connectivity index (χ3n) is 5.91. The van der Waals surface area contributed by atoms with Crippen LogP contribution in [0.4, 0.5) is 0 Å². The Morgan fingerprint density at radius 3 is 2.41 bits per heavy atom. The maximum Gasteiger partial charge on any atom is 0.285 e. The first kappa shape index (κ1) is 21.6. The molecule has 1 aromatic rings. The number of aryl methyl sites for hydroxylation is 1. The molecule has 0 aromatic heterocycles. The Morgan fingerprint density at radius 1 is 1.10 bits per heavy atom. The molecular formula is C22H31N3O3S. The minimum Gasteiger partial charge on any atom is -0.354 e. The smallest absolute Gasteiger partial charge is 0.285 e. The first-order chi connectivity index (χ1) is 13.8. The van der Waals surface area contributed by atoms with Gasteiger partial charge in [-0.3, -0.25) is 4.79 Å². The Morgan fingerprint density at radius 2 is 1.79 bits per heavy atom. The number of benzene rings is 1. The van der Waals surface area contributed by atoms with Crippen LogP contribution in [0.3, 0.4) is 0 Å². The lowest BCUT2D eigenvalue weighted by atomic mass is 10.1. The van der Waals surface area contributed by atoms with Crippen LogP contribution in [0, 0.1) is 5.92 Å². The molecule has 2 aliphatic heterocycles. The van der Waals surface area contributed by atoms with E-state index < -0.39 is 10.0 Å². The summed E-state index contributed by atoms with van der Waals surface area (Å²) in [6.07, 6.45) is 2.54. The number of carbonyl (C=O) groups is 1. The lowest BCUT2D eigenvalue weighted by molar-refractivity contribution is -0.134. The van der Waals surface area contributed by atoms with Gasteiger partial charge in [-0.05, 0) is 37.3 Å². The highest BCUT2D eigenvalue weighted by molar-refractivity contribution is 8.00. The fraction of sp³-hybridized carbons (Fsp3) is 0.545. The van der Waals surface area contributed by atoms with Gasteiger partial charge in [0.05, 0.1) is 0 Å². The van der Waals surface area contributed by atoms with Gasteiger partial charge >= 0.3 is 0 Å². The van der Waals surface area contributed by atoms with E-state index >= 15 is 0 Å². The molecule has 2 heterocycles. The Labute approximate surface area is 174 Å². The summed E-state index contributed by atoms with van der Waals surface area (Å²) >= 11 is 0. The van der Waals surface area contributed by atoms with Gasteiger partial charge in [0.25, 0.3) is 10.0 Å². The first-order valence-electron chi connectivity index (χ1n) is 10.5. The summed E-state index contributed by atoms with van der Waals surface area (Å²) in [4.78, 5) is 16.8. The molecule has 1 amide bonds. The Balaban J connectivity index is 1.83. The van der Waals surface area contributed by atoms with Crippen molar-refractivity contribution in [3.63, 3.8) is 0 Å². The van der Waals surface area contributed by atoms with Crippen molar-refractivity contribution < 1.29 is 13.2 Å². The Hall–Kier alpha value is -2.15. The average Bonchev–Trinajstić information content (AvgIpc) is 2.87. The van der Waals surface area contributed by atoms with Crippen molar-refractivity contribution in [1.29, 1.82) is 0 Å². The van der Waals surface area contributed by atoms with Gasteiger partial charge in [-0.15, -0.1) is 4.40 Å². The summed E-state index contributed by atoms with van der Waals surface area (Å²) in [6, 6.07) is 7.66. The number of amides is 1. The number of amidine groups is 1. The maximum absolute atomic E-state index is 12.8. The van der Waals surface area contributed by atoms with Crippen molar-refractivity contribution in [3.05, 3.63) is 41.0 Å². The number of hydrogen-bond acceptors (Lipinski definition) is 4. The Bertz CT molecular complexity index is 933. The summed E-state index contributed by atoms with van der Waals surface area (Å²) in [5, 5.41) is 0. The number of nitrogens with zero attached hydrogens (tertiary/aromatic N) is 3. The van der Waals surface area contributed by atoms with Crippen molar-refractivity contribution >= 4 is 26.7 Å². The lowest BCUT2D eigenvalue weighted by Crippen LogP contribution is -2.39. The molecule has 0 bridgehead atoms. The van der Waals surface area contributed by atoms with Crippen LogP contribution in [-0.4, -0.2) is 56.1 Å². The topological polar surface area (TPSA) is 70.0 Å². The fourth-order valence-electron chi connectivity index (χ4n) is 3.91. The zero-order chi connectivity index (χ0) is 21.2. The molecule has 0 spiro atoms. The standard InChI is InChI=1S/C22H31N3O3S/c1-5-16(3)22(26)25-13-7-12-24(14-15-25)21-17(4)20(29(27,28)23-21)19-10-8-18(6-2)9-11-19/h8-11,16H,5-7,12-15H2,1-4H3. The average molecular weight is 418 g/mol. The molecule has 1 unspecified atom stereocenters. The van der Waals surface area contributed by atoms with E-state index in [1.165, 1.54) is 5.56 Å². The van der Waals surface area contributed by atoms with Crippen molar-refractivity contribution in [2.24, 2.45) is 10.3 Å². The largest absolute Gasteiger partial charge is 0.354 e. The van der Waals surface area contributed by atoms with E-state index in [4.69, 9.17) is 0 Å². The lowest BCUT2D eigenvalue weighted by Gasteiger charge is -2.25. The number of carbonyl (C=O) groups excluding carboxylic acids is 1. The third kappa shape index (κ3) is 4.39. The second-order valence-electron chi connectivity index (χ2n) is 7.87. The summed E-state index contributed by atoms with van der Waals surface area (Å²) < 4.78 is 29.8. The first-order valence-corrected chi connectivity index (χ1v) is 11.9. The van der Waals surface area contributed by atoms with E-state index in [-0.39, 0.29) is 11.8 Å². The van der Waals surface area contributed by atoms with Crippen molar-refractivity contribution in [2.45, 2.75) is 47.0 Å². The van der Waals surface area contributed by atoms with E-state index in [0.29, 0.717) is 48.1 Å². The second kappa shape index (κ2) is 8.69. The Kier molecular flexibility index (Phi) is 6.46. The van der Waals surface area contributed by atoms with Crippen LogP contribution >= 0.6 is 0 Å². The molecule has 0 N–H and O–H groups in total. The number of rotatable bonds is 4. The summed E-state index contributed by atoms with van der Waals surface area (Å²) in [6.45, 7) is 10.5. The zero-order valence-corrected chi connectivity index (χ0v) is 18.6. The normalized spacial score (nSPS) is 20.5. The summed E-state index contributed by atoms with van der Waals surface area (Å²) in [5.74, 6) is 0.724. The van der Waals surface area contributed by atoms with Gasteiger partial charge in [0.1, 0.15) is 10.7 Å². The second-order valence-corrected chi connectivity index (χ2v) is 9.41. The molecule has 158 valence electrons. The molecule has 29 heavy (non-hydrogen) atoms. The molecule has 0 aliphatic carbocycles. The zero-order valence-electron chi connectivity index (χ0n) is 17.8. The molecule has 1 atom stereocenters. The number of sulfonamides is 1. The van der Waals surface area contributed by atoms with Gasteiger partial charge in [-0.2, -0.15) is 8.42 Å². The number of hydrogen-bond donors (Lipinski definition) is 0. The molecule has 6 nitrogen and oxygen atoms in total. The van der Waals surface area contributed by atoms with Crippen LogP contribution in [0.2, 0.25) is 0 Å². The van der Waals surface area contributed by atoms with E-state index in [2.05, 4.69) is 11.3 Å². The molecule has 1 aromatic carbocycles. The SMILES string of the molecule is CCc1ccc(C2=C(C)C(N3CCCN(C(=O)C(C)CC)CC3)=NS2(=O)=O)cc1. The van der Waals surface area contributed by atoms with Gasteiger partial charge in [-0.25, -0.2) is 0 Å². The van der Waals surface area contributed by atoms with E-state index in [0.717, 1.165) is 19.3 Å². The van der Waals surface area contributed by atoms with Crippen LogP contribution in [0.25, 0.3) is 4.91 Å². The molecule has 0 radical (unpaired) electrons. The highest BCUT2D eigenvalue weighted by atomic mass is 32.2. The van der Waals surface area contributed by atoms with Gasteiger partial charge in [-0.1, -0.05) is 45.0 Å². The predicted octanol–water partition coefficient (Wildman–Crippen LogP) is 3.30. The highest BCUT2D eigenvalue weighted by Crippen LogP contribution is 2.34. The molecule has 1 saturated heterocycles. The highest BCUT2D eigenvalue weighted by Gasteiger charge is 2.34. The third-order valence-corrected chi connectivity index (χ3v) is 7.38. The van der Waals surface area contributed by atoms with Gasteiger partial charge in [0.15, 0.2) is 0 Å². The van der Waals surface area contributed by atoms with Crippen molar-refractivity contribution in [2.75, 3.05) is 26.2 Å². The minimum absolute atomic E-state index is 0.0186. The fourth-order valence-corrected chi connectivity index (χ4v) is 5.39. The van der Waals surface area contributed by atoms with Gasteiger partial charge in [0.2, 0.25) is 5.91 Å². The van der Waals surface area contributed by atoms with E-state index in [9.17, 15) is 13.2 Å². The van der Waals surface area contributed by atoms with Gasteiger partial charge in [0, 0.05) is 37.7 Å². The molecule has 2 aliphatic rings. The van der Waals surface area contributed by atoms with Crippen LogP contribution in [0.1, 0.15) is 51.7 Å². The molecule has 0 saturated carbocycles. The van der Waals surface area contributed by atoms with E-state index in [1.54, 1.807) is 0 Å². The van der Waals surface area contributed by atoms with Crippen molar-refractivity contribution in [3.8, 4) is 0 Å².